The van der Waals surface area contributed by atoms with Crippen molar-refractivity contribution in [3.8, 4) is 0 Å². The topological polar surface area (TPSA) is 89.3 Å². The zero-order valence-corrected chi connectivity index (χ0v) is 11.9. The minimum Gasteiger partial charge on any atom is -0.349 e. The molecule has 1 unspecified atom stereocenters. The molecule has 0 aromatic heterocycles. The summed E-state index contributed by atoms with van der Waals surface area (Å²) in [7, 11) is -4.22. The summed E-state index contributed by atoms with van der Waals surface area (Å²) in [6.07, 6.45) is 1.46. The van der Waals surface area contributed by atoms with E-state index < -0.39 is 38.0 Å². The molecule has 0 fully saturated rings. The Labute approximate surface area is 116 Å². The first-order chi connectivity index (χ1) is 9.16. The van der Waals surface area contributed by atoms with Gasteiger partial charge in [0.1, 0.15) is 0 Å². The van der Waals surface area contributed by atoms with Crippen molar-refractivity contribution in [1.29, 1.82) is 0 Å². The van der Waals surface area contributed by atoms with Gasteiger partial charge in [-0.2, -0.15) is 0 Å². The van der Waals surface area contributed by atoms with Crippen molar-refractivity contribution in [3.63, 3.8) is 0 Å². The second-order valence-corrected chi connectivity index (χ2v) is 6.04. The van der Waals surface area contributed by atoms with Crippen LogP contribution in [-0.4, -0.2) is 20.4 Å². The minimum atomic E-state index is -4.22. The molecule has 20 heavy (non-hydrogen) atoms. The van der Waals surface area contributed by atoms with Gasteiger partial charge in [-0.15, -0.1) is 0 Å². The first-order valence-corrected chi connectivity index (χ1v) is 7.54. The first kappa shape index (κ1) is 16.5. The van der Waals surface area contributed by atoms with Gasteiger partial charge in [-0.3, -0.25) is 4.79 Å². The van der Waals surface area contributed by atoms with E-state index in [1.54, 1.807) is 6.92 Å². The van der Waals surface area contributed by atoms with E-state index in [1.807, 2.05) is 6.92 Å². The largest absolute Gasteiger partial charge is 0.349 e. The van der Waals surface area contributed by atoms with E-state index in [9.17, 15) is 22.0 Å². The van der Waals surface area contributed by atoms with Crippen molar-refractivity contribution in [2.75, 3.05) is 0 Å². The lowest BCUT2D eigenvalue weighted by atomic mass is 10.1. The number of benzene rings is 1. The van der Waals surface area contributed by atoms with Crippen LogP contribution in [-0.2, 0) is 10.0 Å². The average molecular weight is 306 g/mol. The van der Waals surface area contributed by atoms with Crippen LogP contribution >= 0.6 is 0 Å². The molecule has 1 aromatic rings. The van der Waals surface area contributed by atoms with Gasteiger partial charge in [0.05, 0.1) is 10.5 Å². The number of sulfonamides is 1. The molecular formula is C12H16F2N2O3S. The van der Waals surface area contributed by atoms with Gasteiger partial charge in [0.2, 0.25) is 10.0 Å². The zero-order chi connectivity index (χ0) is 15.5. The summed E-state index contributed by atoms with van der Waals surface area (Å²) < 4.78 is 49.2. The highest BCUT2D eigenvalue weighted by Gasteiger charge is 2.21. The Morgan fingerprint density at radius 1 is 1.40 bits per heavy atom. The van der Waals surface area contributed by atoms with Crippen LogP contribution in [0.4, 0.5) is 8.78 Å². The van der Waals surface area contributed by atoms with Gasteiger partial charge in [-0.25, -0.2) is 22.3 Å². The van der Waals surface area contributed by atoms with Crippen molar-refractivity contribution in [1.82, 2.24) is 5.32 Å². The number of primary sulfonamides is 1. The molecule has 0 aliphatic carbocycles. The fraction of sp³-hybridized carbons (Fsp3) is 0.417. The number of carbonyl (C=O) groups excluding carboxylic acids is 1. The van der Waals surface area contributed by atoms with E-state index in [0.717, 1.165) is 12.5 Å². The summed E-state index contributed by atoms with van der Waals surface area (Å²) in [5.74, 6) is -3.73. The SMILES string of the molecule is CCCC(C)NC(=O)c1cc(S(N)(=O)=O)cc(F)c1F. The molecule has 0 spiro atoms. The molecule has 1 aromatic carbocycles. The van der Waals surface area contributed by atoms with Crippen LogP contribution in [0.25, 0.3) is 0 Å². The van der Waals surface area contributed by atoms with E-state index in [4.69, 9.17) is 5.14 Å². The Morgan fingerprint density at radius 3 is 2.50 bits per heavy atom. The third-order valence-electron chi connectivity index (χ3n) is 2.67. The molecule has 0 aliphatic rings. The lowest BCUT2D eigenvalue weighted by Crippen LogP contribution is -2.33. The van der Waals surface area contributed by atoms with E-state index in [-0.39, 0.29) is 6.04 Å². The maximum Gasteiger partial charge on any atom is 0.254 e. The minimum absolute atomic E-state index is 0.242. The number of halogens is 2. The smallest absolute Gasteiger partial charge is 0.254 e. The molecule has 3 N–H and O–H groups in total. The molecule has 0 aliphatic heterocycles. The fourth-order valence-electron chi connectivity index (χ4n) is 1.70. The number of carbonyl (C=O) groups is 1. The predicted molar refractivity (Wildman–Crippen MR) is 69.6 cm³/mol. The van der Waals surface area contributed by atoms with Gasteiger partial charge >= 0.3 is 0 Å². The predicted octanol–water partition coefficient (Wildman–Crippen LogP) is 1.53. The Balaban J connectivity index is 3.17. The van der Waals surface area contributed by atoms with Crippen LogP contribution in [0.5, 0.6) is 0 Å². The van der Waals surface area contributed by atoms with Crippen molar-refractivity contribution in [2.24, 2.45) is 5.14 Å². The van der Waals surface area contributed by atoms with E-state index in [2.05, 4.69) is 5.32 Å². The second kappa shape index (κ2) is 6.27. The van der Waals surface area contributed by atoms with E-state index in [0.29, 0.717) is 12.5 Å². The number of amides is 1. The van der Waals surface area contributed by atoms with Gasteiger partial charge in [-0.05, 0) is 25.5 Å². The van der Waals surface area contributed by atoms with E-state index >= 15 is 0 Å². The van der Waals surface area contributed by atoms with Crippen LogP contribution in [0.3, 0.4) is 0 Å². The molecule has 0 saturated heterocycles. The van der Waals surface area contributed by atoms with Crippen LogP contribution in [0.1, 0.15) is 37.0 Å². The highest BCUT2D eigenvalue weighted by atomic mass is 32.2. The van der Waals surface area contributed by atoms with Crippen LogP contribution in [0.15, 0.2) is 17.0 Å². The number of rotatable bonds is 5. The Morgan fingerprint density at radius 2 is 2.00 bits per heavy atom. The highest BCUT2D eigenvalue weighted by Crippen LogP contribution is 2.18. The van der Waals surface area contributed by atoms with Crippen LogP contribution < -0.4 is 10.5 Å². The third kappa shape index (κ3) is 3.97. The van der Waals surface area contributed by atoms with Crippen LogP contribution in [0, 0.1) is 11.6 Å². The van der Waals surface area contributed by atoms with Gasteiger partial charge in [0.15, 0.2) is 11.6 Å². The van der Waals surface area contributed by atoms with Gasteiger partial charge < -0.3 is 5.32 Å². The van der Waals surface area contributed by atoms with Gasteiger partial charge in [-0.1, -0.05) is 13.3 Å². The van der Waals surface area contributed by atoms with Crippen molar-refractivity contribution >= 4 is 15.9 Å². The average Bonchev–Trinajstić information content (AvgIpc) is 2.31. The maximum atomic E-state index is 13.6. The number of hydrogen-bond donors (Lipinski definition) is 2. The summed E-state index contributed by atoms with van der Waals surface area (Å²) in [6.45, 7) is 3.61. The summed E-state index contributed by atoms with van der Waals surface area (Å²) in [5.41, 5.74) is -0.683. The summed E-state index contributed by atoms with van der Waals surface area (Å²) in [6, 6.07) is 0.923. The summed E-state index contributed by atoms with van der Waals surface area (Å²) in [4.78, 5) is 11.2. The van der Waals surface area contributed by atoms with Crippen molar-refractivity contribution < 1.29 is 22.0 Å². The molecule has 1 rings (SSSR count). The number of hydrogen-bond acceptors (Lipinski definition) is 3. The molecule has 5 nitrogen and oxygen atoms in total. The number of nitrogens with two attached hydrogens (primary N) is 1. The molecule has 1 amide bonds. The molecule has 8 heteroatoms. The molecule has 0 radical (unpaired) electrons. The molecule has 0 bridgehead atoms. The molecule has 112 valence electrons. The quantitative estimate of drug-likeness (QED) is 0.864. The molecule has 0 heterocycles. The molecule has 0 saturated carbocycles. The standard InChI is InChI=1S/C12H16F2N2O3S/c1-3-4-7(2)16-12(17)9-5-8(20(15,18)19)6-10(13)11(9)14/h5-7H,3-4H2,1-2H3,(H,16,17)(H2,15,18,19). The maximum absolute atomic E-state index is 13.6. The van der Waals surface area contributed by atoms with Gasteiger partial charge in [0.25, 0.3) is 5.91 Å². The van der Waals surface area contributed by atoms with Crippen LogP contribution in [0.2, 0.25) is 0 Å². The lowest BCUT2D eigenvalue weighted by molar-refractivity contribution is 0.0933. The normalized spacial score (nSPS) is 13.1. The fourth-order valence-corrected chi connectivity index (χ4v) is 2.25. The summed E-state index contributed by atoms with van der Waals surface area (Å²) in [5, 5.41) is 7.31. The monoisotopic (exact) mass is 306 g/mol. The molecular weight excluding hydrogens is 290 g/mol. The highest BCUT2D eigenvalue weighted by molar-refractivity contribution is 7.89. The Hall–Kier alpha value is -1.54. The summed E-state index contributed by atoms with van der Waals surface area (Å²) >= 11 is 0. The Bertz CT molecular complexity index is 617. The van der Waals surface area contributed by atoms with Crippen molar-refractivity contribution in [3.05, 3.63) is 29.3 Å². The number of nitrogens with one attached hydrogen (secondary N) is 1. The van der Waals surface area contributed by atoms with E-state index in [1.165, 1.54) is 0 Å². The lowest BCUT2D eigenvalue weighted by Gasteiger charge is -2.13. The van der Waals surface area contributed by atoms with Crippen molar-refractivity contribution in [2.45, 2.75) is 37.6 Å². The zero-order valence-electron chi connectivity index (χ0n) is 11.1. The first-order valence-electron chi connectivity index (χ1n) is 5.99. The second-order valence-electron chi connectivity index (χ2n) is 4.47. The third-order valence-corrected chi connectivity index (χ3v) is 3.57. The Kier molecular flexibility index (Phi) is 5.18. The van der Waals surface area contributed by atoms with Gasteiger partial charge in [0, 0.05) is 6.04 Å². The molecule has 1 atom stereocenters.